The van der Waals surface area contributed by atoms with E-state index in [0.717, 1.165) is 0 Å². The Morgan fingerprint density at radius 2 is 2.31 bits per heavy atom. The Morgan fingerprint density at radius 1 is 1.62 bits per heavy atom. The van der Waals surface area contributed by atoms with Gasteiger partial charge < -0.3 is 10.1 Å². The molecule has 5 nitrogen and oxygen atoms in total. The molecular formula is C8H15N3O2. The lowest BCUT2D eigenvalue weighted by Gasteiger charge is -2.23. The SMILES string of the molecule is CCC1(COC)NC(=NC)NC1=O. The summed E-state index contributed by atoms with van der Waals surface area (Å²) in [6, 6.07) is 0. The first-order chi connectivity index (χ1) is 6.18. The summed E-state index contributed by atoms with van der Waals surface area (Å²) in [4.78, 5) is 15.4. The van der Waals surface area contributed by atoms with E-state index in [-0.39, 0.29) is 5.91 Å². The lowest BCUT2D eigenvalue weighted by Crippen LogP contribution is -2.50. The lowest BCUT2D eigenvalue weighted by atomic mass is 9.98. The summed E-state index contributed by atoms with van der Waals surface area (Å²) >= 11 is 0. The van der Waals surface area contributed by atoms with Crippen LogP contribution in [0.15, 0.2) is 4.99 Å². The Kier molecular flexibility index (Phi) is 2.87. The molecular weight excluding hydrogens is 170 g/mol. The van der Waals surface area contributed by atoms with Crippen LogP contribution in [0.25, 0.3) is 0 Å². The maximum Gasteiger partial charge on any atom is 0.254 e. The highest BCUT2D eigenvalue weighted by atomic mass is 16.5. The monoisotopic (exact) mass is 185 g/mol. The van der Waals surface area contributed by atoms with Crippen molar-refractivity contribution in [2.75, 3.05) is 20.8 Å². The van der Waals surface area contributed by atoms with Gasteiger partial charge in [-0.15, -0.1) is 0 Å². The fraction of sp³-hybridized carbons (Fsp3) is 0.750. The minimum absolute atomic E-state index is 0.0718. The fourth-order valence-electron chi connectivity index (χ4n) is 1.35. The summed E-state index contributed by atoms with van der Waals surface area (Å²) in [5, 5.41) is 5.67. The highest BCUT2D eigenvalue weighted by Crippen LogP contribution is 2.15. The first-order valence-electron chi connectivity index (χ1n) is 4.24. The maximum atomic E-state index is 11.6. The van der Waals surface area contributed by atoms with E-state index >= 15 is 0 Å². The zero-order chi connectivity index (χ0) is 9.90. The normalized spacial score (nSPS) is 30.4. The molecule has 1 unspecified atom stereocenters. The molecule has 0 aromatic rings. The van der Waals surface area contributed by atoms with E-state index in [1.165, 1.54) is 0 Å². The molecule has 0 radical (unpaired) electrons. The number of hydrogen-bond acceptors (Lipinski definition) is 3. The topological polar surface area (TPSA) is 62.7 Å². The molecule has 1 saturated heterocycles. The lowest BCUT2D eigenvalue weighted by molar-refractivity contribution is -0.125. The fourth-order valence-corrected chi connectivity index (χ4v) is 1.35. The number of guanidine groups is 1. The van der Waals surface area contributed by atoms with Crippen LogP contribution in [0, 0.1) is 0 Å². The number of methoxy groups -OCH3 is 1. The van der Waals surface area contributed by atoms with Gasteiger partial charge in [-0.05, 0) is 6.42 Å². The molecule has 2 N–H and O–H groups in total. The van der Waals surface area contributed by atoms with E-state index in [4.69, 9.17) is 4.74 Å². The van der Waals surface area contributed by atoms with E-state index in [1.807, 2.05) is 6.92 Å². The van der Waals surface area contributed by atoms with Gasteiger partial charge in [0.2, 0.25) is 0 Å². The van der Waals surface area contributed by atoms with Gasteiger partial charge in [0, 0.05) is 14.2 Å². The molecule has 0 aromatic heterocycles. The molecule has 1 aliphatic heterocycles. The number of carbonyl (C=O) groups is 1. The zero-order valence-corrected chi connectivity index (χ0v) is 8.18. The molecule has 1 rings (SSSR count). The molecule has 13 heavy (non-hydrogen) atoms. The van der Waals surface area contributed by atoms with E-state index in [9.17, 15) is 4.79 Å². The number of nitrogens with zero attached hydrogens (tertiary/aromatic N) is 1. The van der Waals surface area contributed by atoms with Crippen LogP contribution in [-0.2, 0) is 9.53 Å². The van der Waals surface area contributed by atoms with Crippen LogP contribution >= 0.6 is 0 Å². The second kappa shape index (κ2) is 3.74. The molecule has 1 amide bonds. The van der Waals surface area contributed by atoms with Gasteiger partial charge in [-0.3, -0.25) is 15.1 Å². The standard InChI is InChI=1S/C8H15N3O2/c1-4-8(5-13-3)6(12)10-7(9-2)11-8/h4-5H2,1-3H3,(H2,9,10,11,12). The zero-order valence-electron chi connectivity index (χ0n) is 8.18. The quantitative estimate of drug-likeness (QED) is 0.622. The smallest absolute Gasteiger partial charge is 0.254 e. The average molecular weight is 185 g/mol. The second-order valence-electron chi connectivity index (χ2n) is 3.02. The number of amides is 1. The summed E-state index contributed by atoms with van der Waals surface area (Å²) in [5.41, 5.74) is -0.635. The molecule has 0 spiro atoms. The molecule has 74 valence electrons. The Labute approximate surface area is 77.6 Å². The molecule has 0 saturated carbocycles. The first kappa shape index (κ1) is 9.98. The van der Waals surface area contributed by atoms with E-state index in [0.29, 0.717) is 19.0 Å². The number of aliphatic imine (C=N–C) groups is 1. The number of hydrogen-bond donors (Lipinski definition) is 2. The summed E-state index contributed by atoms with van der Waals surface area (Å²) in [6.07, 6.45) is 0.672. The maximum absolute atomic E-state index is 11.6. The number of rotatable bonds is 3. The number of carbonyl (C=O) groups excluding carboxylic acids is 1. The van der Waals surface area contributed by atoms with Crippen molar-refractivity contribution in [2.24, 2.45) is 4.99 Å². The third kappa shape index (κ3) is 1.65. The van der Waals surface area contributed by atoms with Crippen LogP contribution in [0.5, 0.6) is 0 Å². The molecule has 1 heterocycles. The van der Waals surface area contributed by atoms with Crippen molar-refractivity contribution in [3.63, 3.8) is 0 Å². The summed E-state index contributed by atoms with van der Waals surface area (Å²) in [5.74, 6) is 0.446. The van der Waals surface area contributed by atoms with Gasteiger partial charge in [0.1, 0.15) is 5.54 Å². The molecule has 1 fully saturated rings. The highest BCUT2D eigenvalue weighted by molar-refractivity contribution is 6.09. The van der Waals surface area contributed by atoms with Crippen LogP contribution in [-0.4, -0.2) is 38.2 Å². The third-order valence-corrected chi connectivity index (χ3v) is 2.24. The average Bonchev–Trinajstić information content (AvgIpc) is 2.45. The van der Waals surface area contributed by atoms with E-state index < -0.39 is 5.54 Å². The van der Waals surface area contributed by atoms with Crippen LogP contribution in [0.3, 0.4) is 0 Å². The predicted molar refractivity (Wildman–Crippen MR) is 49.5 cm³/mol. The Bertz CT molecular complexity index is 240. The predicted octanol–water partition coefficient (Wildman–Crippen LogP) is -0.513. The van der Waals surface area contributed by atoms with Crippen molar-refractivity contribution in [3.8, 4) is 0 Å². The van der Waals surface area contributed by atoms with Gasteiger partial charge in [0.05, 0.1) is 6.61 Å². The molecule has 1 aliphatic rings. The summed E-state index contributed by atoms with van der Waals surface area (Å²) in [6.45, 7) is 2.29. The largest absolute Gasteiger partial charge is 0.382 e. The molecule has 1 atom stereocenters. The van der Waals surface area contributed by atoms with Gasteiger partial charge >= 0.3 is 0 Å². The first-order valence-corrected chi connectivity index (χ1v) is 4.24. The molecule has 0 bridgehead atoms. The molecule has 0 aromatic carbocycles. The Hall–Kier alpha value is -1.10. The Morgan fingerprint density at radius 3 is 2.69 bits per heavy atom. The van der Waals surface area contributed by atoms with Crippen molar-refractivity contribution < 1.29 is 9.53 Å². The summed E-state index contributed by atoms with van der Waals surface area (Å²) < 4.78 is 5.00. The van der Waals surface area contributed by atoms with Crippen molar-refractivity contribution in [3.05, 3.63) is 0 Å². The number of nitrogens with one attached hydrogen (secondary N) is 2. The van der Waals surface area contributed by atoms with E-state index in [2.05, 4.69) is 15.6 Å². The van der Waals surface area contributed by atoms with Gasteiger partial charge in [-0.1, -0.05) is 6.92 Å². The van der Waals surface area contributed by atoms with Gasteiger partial charge in [-0.2, -0.15) is 0 Å². The van der Waals surface area contributed by atoms with Gasteiger partial charge in [0.15, 0.2) is 5.96 Å². The van der Waals surface area contributed by atoms with Crippen molar-refractivity contribution >= 4 is 11.9 Å². The van der Waals surface area contributed by atoms with Crippen LogP contribution in [0.4, 0.5) is 0 Å². The van der Waals surface area contributed by atoms with Crippen LogP contribution in [0.1, 0.15) is 13.3 Å². The highest BCUT2D eigenvalue weighted by Gasteiger charge is 2.43. The minimum Gasteiger partial charge on any atom is -0.382 e. The Balaban J connectivity index is 2.82. The molecule has 0 aliphatic carbocycles. The third-order valence-electron chi connectivity index (χ3n) is 2.24. The molecule has 5 heteroatoms. The van der Waals surface area contributed by atoms with E-state index in [1.54, 1.807) is 14.2 Å². The number of ether oxygens (including phenoxy) is 1. The van der Waals surface area contributed by atoms with Gasteiger partial charge in [0.25, 0.3) is 5.91 Å². The summed E-state index contributed by atoms with van der Waals surface area (Å²) in [7, 11) is 3.20. The minimum atomic E-state index is -0.635. The van der Waals surface area contributed by atoms with Crippen molar-refractivity contribution in [1.82, 2.24) is 10.6 Å². The van der Waals surface area contributed by atoms with Crippen LogP contribution in [0.2, 0.25) is 0 Å². The van der Waals surface area contributed by atoms with Crippen molar-refractivity contribution in [1.29, 1.82) is 0 Å². The van der Waals surface area contributed by atoms with Gasteiger partial charge in [-0.25, -0.2) is 0 Å². The second-order valence-corrected chi connectivity index (χ2v) is 3.02. The van der Waals surface area contributed by atoms with Crippen molar-refractivity contribution in [2.45, 2.75) is 18.9 Å². The van der Waals surface area contributed by atoms with Crippen LogP contribution < -0.4 is 10.6 Å².